The summed E-state index contributed by atoms with van der Waals surface area (Å²) in [5, 5.41) is 0. The van der Waals surface area contributed by atoms with Gasteiger partial charge in [-0.2, -0.15) is 0 Å². The SMILES string of the molecule is Cc1ccnc(N(CCCCl)C2CCC2)c1Br. The lowest BCUT2D eigenvalue weighted by Crippen LogP contribution is -2.41. The van der Waals surface area contributed by atoms with Gasteiger partial charge in [-0.1, -0.05) is 0 Å². The Kier molecular flexibility index (Phi) is 4.69. The van der Waals surface area contributed by atoms with Gasteiger partial charge in [0.15, 0.2) is 0 Å². The summed E-state index contributed by atoms with van der Waals surface area (Å²) in [6.07, 6.45) is 6.81. The summed E-state index contributed by atoms with van der Waals surface area (Å²) < 4.78 is 1.13. The van der Waals surface area contributed by atoms with Crippen molar-refractivity contribution in [2.45, 2.75) is 38.6 Å². The molecule has 1 fully saturated rings. The van der Waals surface area contributed by atoms with E-state index in [0.717, 1.165) is 23.3 Å². The normalized spacial score (nSPS) is 15.7. The topological polar surface area (TPSA) is 16.1 Å². The minimum atomic E-state index is 0.656. The fourth-order valence-corrected chi connectivity index (χ4v) is 2.70. The van der Waals surface area contributed by atoms with Crippen LogP contribution in [0.2, 0.25) is 0 Å². The maximum absolute atomic E-state index is 5.81. The van der Waals surface area contributed by atoms with Crippen LogP contribution in [-0.4, -0.2) is 23.5 Å². The van der Waals surface area contributed by atoms with E-state index in [1.54, 1.807) is 0 Å². The van der Waals surface area contributed by atoms with Gasteiger partial charge in [0.25, 0.3) is 0 Å². The van der Waals surface area contributed by atoms with Gasteiger partial charge in [0.05, 0.1) is 4.47 Å². The Balaban J connectivity index is 2.21. The molecule has 1 aromatic heterocycles. The van der Waals surface area contributed by atoms with Crippen LogP contribution in [0.5, 0.6) is 0 Å². The Morgan fingerprint density at radius 2 is 2.29 bits per heavy atom. The van der Waals surface area contributed by atoms with Crippen molar-refractivity contribution >= 4 is 33.3 Å². The van der Waals surface area contributed by atoms with Crippen molar-refractivity contribution in [2.75, 3.05) is 17.3 Å². The smallest absolute Gasteiger partial charge is 0.143 e. The van der Waals surface area contributed by atoms with Gasteiger partial charge in [-0.3, -0.25) is 0 Å². The van der Waals surface area contributed by atoms with Crippen molar-refractivity contribution in [3.8, 4) is 0 Å². The zero-order valence-corrected chi connectivity index (χ0v) is 12.5. The van der Waals surface area contributed by atoms with Gasteiger partial charge >= 0.3 is 0 Å². The number of aromatic nitrogens is 1. The number of anilines is 1. The fraction of sp³-hybridized carbons (Fsp3) is 0.615. The van der Waals surface area contributed by atoms with Crippen molar-refractivity contribution in [1.82, 2.24) is 4.98 Å². The highest BCUT2D eigenvalue weighted by Gasteiger charge is 2.27. The highest BCUT2D eigenvalue weighted by molar-refractivity contribution is 9.10. The third kappa shape index (κ3) is 2.94. The van der Waals surface area contributed by atoms with Gasteiger partial charge < -0.3 is 4.90 Å². The zero-order chi connectivity index (χ0) is 12.3. The summed E-state index contributed by atoms with van der Waals surface area (Å²) in [6.45, 7) is 3.11. The molecule has 1 aliphatic carbocycles. The minimum absolute atomic E-state index is 0.656. The van der Waals surface area contributed by atoms with Crippen LogP contribution in [0.4, 0.5) is 5.82 Å². The highest BCUT2D eigenvalue weighted by atomic mass is 79.9. The Hall–Kier alpha value is -0.280. The van der Waals surface area contributed by atoms with Gasteiger partial charge in [-0.25, -0.2) is 4.98 Å². The monoisotopic (exact) mass is 316 g/mol. The lowest BCUT2D eigenvalue weighted by atomic mass is 9.91. The summed E-state index contributed by atoms with van der Waals surface area (Å²) in [7, 11) is 0. The molecule has 1 aliphatic rings. The van der Waals surface area contributed by atoms with Crippen LogP contribution in [0.25, 0.3) is 0 Å². The molecule has 4 heteroatoms. The van der Waals surface area contributed by atoms with Crippen LogP contribution < -0.4 is 4.90 Å². The summed E-state index contributed by atoms with van der Waals surface area (Å²) in [6, 6.07) is 2.69. The van der Waals surface area contributed by atoms with Gasteiger partial charge in [-0.15, -0.1) is 11.6 Å². The van der Waals surface area contributed by atoms with Crippen LogP contribution in [0.15, 0.2) is 16.7 Å². The van der Waals surface area contributed by atoms with Gasteiger partial charge in [0.2, 0.25) is 0 Å². The van der Waals surface area contributed by atoms with E-state index in [1.807, 2.05) is 12.3 Å². The molecular formula is C13H18BrClN2. The number of hydrogen-bond donors (Lipinski definition) is 0. The first-order chi connectivity index (χ1) is 8.24. The number of halogens is 2. The molecule has 94 valence electrons. The minimum Gasteiger partial charge on any atom is -0.353 e. The Labute approximate surface area is 116 Å². The average Bonchev–Trinajstić information content (AvgIpc) is 2.26. The molecule has 2 nitrogen and oxygen atoms in total. The van der Waals surface area contributed by atoms with E-state index in [9.17, 15) is 0 Å². The number of rotatable bonds is 5. The predicted octanol–water partition coefficient (Wildman–Crippen LogP) is 4.14. The van der Waals surface area contributed by atoms with Crippen LogP contribution in [0.1, 0.15) is 31.2 Å². The number of nitrogens with zero attached hydrogens (tertiary/aromatic N) is 2. The zero-order valence-electron chi connectivity index (χ0n) is 10.1. The lowest BCUT2D eigenvalue weighted by molar-refractivity contribution is 0.383. The second-order valence-electron chi connectivity index (χ2n) is 4.59. The van der Waals surface area contributed by atoms with Crippen LogP contribution >= 0.6 is 27.5 Å². The summed E-state index contributed by atoms with van der Waals surface area (Å²) >= 11 is 9.47. The predicted molar refractivity (Wildman–Crippen MR) is 77.0 cm³/mol. The first kappa shape index (κ1) is 13.2. The fourth-order valence-electron chi connectivity index (χ4n) is 2.12. The third-order valence-electron chi connectivity index (χ3n) is 3.38. The number of alkyl halides is 1. The Morgan fingerprint density at radius 1 is 1.53 bits per heavy atom. The summed E-state index contributed by atoms with van der Waals surface area (Å²) in [5.74, 6) is 1.80. The maximum atomic E-state index is 5.81. The Bertz CT molecular complexity index is 380. The molecule has 0 aliphatic heterocycles. The van der Waals surface area contributed by atoms with E-state index in [4.69, 9.17) is 11.6 Å². The molecule has 0 bridgehead atoms. The van der Waals surface area contributed by atoms with Gasteiger partial charge in [0.1, 0.15) is 5.82 Å². The molecule has 0 aromatic carbocycles. The van der Waals surface area contributed by atoms with Crippen LogP contribution in [-0.2, 0) is 0 Å². The molecule has 0 unspecified atom stereocenters. The van der Waals surface area contributed by atoms with E-state index in [0.29, 0.717) is 11.9 Å². The van der Waals surface area contributed by atoms with Crippen molar-refractivity contribution in [3.63, 3.8) is 0 Å². The van der Waals surface area contributed by atoms with Gasteiger partial charge in [-0.05, 0) is 60.2 Å². The van der Waals surface area contributed by atoms with Crippen molar-refractivity contribution in [2.24, 2.45) is 0 Å². The molecule has 0 atom stereocenters. The lowest BCUT2D eigenvalue weighted by Gasteiger charge is -2.39. The molecule has 0 N–H and O–H groups in total. The van der Waals surface area contributed by atoms with Crippen LogP contribution in [0.3, 0.4) is 0 Å². The number of aryl methyl sites for hydroxylation is 1. The molecule has 2 rings (SSSR count). The second-order valence-corrected chi connectivity index (χ2v) is 5.76. The molecule has 0 saturated heterocycles. The molecule has 0 radical (unpaired) electrons. The van der Waals surface area contributed by atoms with Gasteiger partial charge in [0, 0.05) is 24.7 Å². The quantitative estimate of drug-likeness (QED) is 0.759. The molecular weight excluding hydrogens is 300 g/mol. The van der Waals surface area contributed by atoms with Crippen molar-refractivity contribution in [1.29, 1.82) is 0 Å². The average molecular weight is 318 g/mol. The van der Waals surface area contributed by atoms with Crippen molar-refractivity contribution in [3.05, 3.63) is 22.3 Å². The number of pyridine rings is 1. The molecule has 17 heavy (non-hydrogen) atoms. The Morgan fingerprint density at radius 3 is 2.88 bits per heavy atom. The standard InChI is InChI=1S/C13H18BrClN2/c1-10-6-8-16-13(12(10)14)17(9-3-7-15)11-4-2-5-11/h6,8,11H,2-5,7,9H2,1H3. The summed E-state index contributed by atoms with van der Waals surface area (Å²) in [4.78, 5) is 6.95. The molecule has 1 aromatic rings. The van der Waals surface area contributed by atoms with E-state index >= 15 is 0 Å². The maximum Gasteiger partial charge on any atom is 0.143 e. The van der Waals surface area contributed by atoms with Crippen molar-refractivity contribution < 1.29 is 0 Å². The van der Waals surface area contributed by atoms with E-state index in [2.05, 4.69) is 32.7 Å². The highest BCUT2D eigenvalue weighted by Crippen LogP contribution is 2.34. The van der Waals surface area contributed by atoms with Crippen LogP contribution in [0, 0.1) is 6.92 Å². The largest absolute Gasteiger partial charge is 0.353 e. The molecule has 0 spiro atoms. The van der Waals surface area contributed by atoms with E-state index in [1.165, 1.54) is 24.8 Å². The number of hydrogen-bond acceptors (Lipinski definition) is 2. The van der Waals surface area contributed by atoms with E-state index < -0.39 is 0 Å². The summed E-state index contributed by atoms with van der Waals surface area (Å²) in [5.41, 5.74) is 1.24. The third-order valence-corrected chi connectivity index (χ3v) is 4.63. The first-order valence-electron chi connectivity index (χ1n) is 6.17. The molecule has 0 amide bonds. The molecule has 1 saturated carbocycles. The van der Waals surface area contributed by atoms with E-state index in [-0.39, 0.29) is 0 Å². The second kappa shape index (κ2) is 6.05. The molecule has 1 heterocycles. The first-order valence-corrected chi connectivity index (χ1v) is 7.50.